The number of carbonyl (C=O) groups is 6. The molecule has 6 N–H and O–H groups in total. The van der Waals surface area contributed by atoms with Crippen molar-refractivity contribution in [3.05, 3.63) is 242 Å². The van der Waals surface area contributed by atoms with Crippen LogP contribution in [0.1, 0.15) is 159 Å². The molecule has 586 valence electrons. The lowest BCUT2D eigenvalue weighted by Crippen LogP contribution is -2.48. The Morgan fingerprint density at radius 1 is 0.530 bits per heavy atom. The second-order valence-corrected chi connectivity index (χ2v) is 31.0. The van der Waals surface area contributed by atoms with Gasteiger partial charge in [0.05, 0.1) is 70.5 Å². The van der Waals surface area contributed by atoms with Crippen molar-refractivity contribution < 1.29 is 42.1 Å². The Labute approximate surface area is 665 Å². The number of hydrogen-bond donors (Lipinski definition) is 6. The van der Waals surface area contributed by atoms with Gasteiger partial charge < -0.3 is 51.1 Å². The van der Waals surface area contributed by atoms with Gasteiger partial charge in [0.2, 0.25) is 17.7 Å². The third kappa shape index (κ3) is 15.0. The highest BCUT2D eigenvalue weighted by atomic mass is 19.1. The number of anilines is 9. The van der Waals surface area contributed by atoms with Gasteiger partial charge in [-0.05, 0) is 134 Å². The molecule has 3 atom stereocenters. The molecule has 6 amide bonds. The van der Waals surface area contributed by atoms with Crippen molar-refractivity contribution in [3.8, 4) is 28.6 Å². The summed E-state index contributed by atoms with van der Waals surface area (Å²) < 4.78 is 37.6. The van der Waals surface area contributed by atoms with Gasteiger partial charge in [-0.15, -0.1) is 0 Å². The Morgan fingerprint density at radius 2 is 1.02 bits per heavy atom. The Bertz CT molecular complexity index is 5560. The number of fused-ring (bicyclic) bond motifs is 6. The molecule has 16 rings (SSSR count). The molecule has 10 aromatic rings. The molecule has 4 aromatic heterocycles. The fourth-order valence-electron chi connectivity index (χ4n) is 16.9. The summed E-state index contributed by atoms with van der Waals surface area (Å²) in [5.41, 5.74) is 13.0. The number of hydrogen-bond acceptors (Lipinski definition) is 18. The van der Waals surface area contributed by atoms with E-state index in [1.54, 1.807) is 62.8 Å². The first-order valence-electron chi connectivity index (χ1n) is 39.3. The van der Waals surface area contributed by atoms with Gasteiger partial charge in [-0.3, -0.25) is 53.4 Å². The number of aryl methyl sites for hydroxylation is 2. The van der Waals surface area contributed by atoms with Crippen LogP contribution in [0.15, 0.2) is 163 Å². The zero-order valence-corrected chi connectivity index (χ0v) is 65.2. The number of benzene rings is 6. The van der Waals surface area contributed by atoms with Crippen LogP contribution in [0.2, 0.25) is 0 Å². The summed E-state index contributed by atoms with van der Waals surface area (Å²) >= 11 is 0. The van der Waals surface area contributed by atoms with Crippen molar-refractivity contribution in [1.82, 2.24) is 34.8 Å². The molecule has 0 aliphatic carbocycles. The van der Waals surface area contributed by atoms with E-state index in [0.717, 1.165) is 22.3 Å². The first kappa shape index (κ1) is 76.4. The number of pyridine rings is 3. The molecular weight excluding hydrogens is 1460 g/mol. The number of halogens is 2. The van der Waals surface area contributed by atoms with Crippen molar-refractivity contribution in [1.29, 1.82) is 5.26 Å². The highest BCUT2D eigenvalue weighted by Crippen LogP contribution is 2.46. The lowest BCUT2D eigenvalue weighted by molar-refractivity contribution is -0.124. The van der Waals surface area contributed by atoms with Crippen LogP contribution in [0.5, 0.6) is 0 Å². The number of aromatic nitrogens is 4. The van der Waals surface area contributed by atoms with Crippen LogP contribution in [0.4, 0.5) is 60.1 Å². The molecule has 3 saturated heterocycles. The standard InChI is InChI=1S/C89H89F2N17O7/c1-8-53(9-2)84(110)97-57-21-25-77(70(90)42-57)103-27-31-106(32-28-103)81-60-15-11-12-16-63(60)85(111)100-75-45-73(93-49-68(75)81)55-20-24-62-67(41-55)87(113)101-76-46-74(94-50-69(76)82(62)107-33-29-104(30-34-107)78-26-22-58(43-71(78)91)98-88(114)89(6,7)10-3)54-19-23-61-66(40-54)86(112)99-72-18-14-13-17-64(72)80(61)105-35-37-108(38-36-105)83-56(47-92)39-59(48-95-83)96-79(109)44-65-51(4)102-115-52(65)5/h11-26,39-43,45-46,48-50,53,80-82H,8-10,27-38,44H2,1-7H3,(H,96,109)(H,97,110)(H,98,114)(H,99,112)(H,100,111)(H,101,113). The average molecular weight is 1550 g/mol. The Morgan fingerprint density at radius 3 is 1.53 bits per heavy atom. The molecule has 3 unspecified atom stereocenters. The maximum absolute atomic E-state index is 16.3. The van der Waals surface area contributed by atoms with Crippen LogP contribution in [0, 0.1) is 48.1 Å². The second-order valence-electron chi connectivity index (χ2n) is 31.0. The quantitative estimate of drug-likeness (QED) is 0.0465. The van der Waals surface area contributed by atoms with E-state index in [2.05, 4.69) is 62.7 Å². The zero-order chi connectivity index (χ0) is 80.1. The summed E-state index contributed by atoms with van der Waals surface area (Å²) in [5.74, 6) is -1.60. The van der Waals surface area contributed by atoms with Gasteiger partial charge >= 0.3 is 0 Å². The normalized spacial score (nSPS) is 17.7. The lowest BCUT2D eigenvalue weighted by atomic mass is 9.89. The second kappa shape index (κ2) is 31.8. The molecule has 10 heterocycles. The molecule has 0 spiro atoms. The number of amides is 6. The molecule has 0 saturated carbocycles. The topological polar surface area (TPSA) is 283 Å². The van der Waals surface area contributed by atoms with Crippen molar-refractivity contribution >= 4 is 86.8 Å². The van der Waals surface area contributed by atoms with Crippen molar-refractivity contribution in [2.24, 2.45) is 11.3 Å². The van der Waals surface area contributed by atoms with Gasteiger partial charge in [0, 0.05) is 175 Å². The molecule has 0 bridgehead atoms. The summed E-state index contributed by atoms with van der Waals surface area (Å²) in [6.45, 7) is 18.9. The van der Waals surface area contributed by atoms with Gasteiger partial charge in [0.25, 0.3) is 17.7 Å². The van der Waals surface area contributed by atoms with Crippen molar-refractivity contribution in [2.45, 2.75) is 92.3 Å². The predicted octanol–water partition coefficient (Wildman–Crippen LogP) is 14.3. The summed E-state index contributed by atoms with van der Waals surface area (Å²) in [6.07, 6.45) is 7.18. The van der Waals surface area contributed by atoms with Crippen molar-refractivity contribution in [2.75, 3.05) is 125 Å². The molecule has 3 fully saturated rings. The van der Waals surface area contributed by atoms with Gasteiger partial charge in [0.1, 0.15) is 29.3 Å². The van der Waals surface area contributed by atoms with Gasteiger partial charge in [-0.25, -0.2) is 13.8 Å². The van der Waals surface area contributed by atoms with Gasteiger partial charge in [0.15, 0.2) is 0 Å². The molecule has 115 heavy (non-hydrogen) atoms. The van der Waals surface area contributed by atoms with Gasteiger partial charge in [-0.2, -0.15) is 5.26 Å². The Balaban J connectivity index is 0.687. The third-order valence-corrected chi connectivity index (χ3v) is 23.8. The van der Waals surface area contributed by atoms with E-state index in [4.69, 9.17) is 19.5 Å². The van der Waals surface area contributed by atoms with E-state index in [1.165, 1.54) is 12.1 Å². The highest BCUT2D eigenvalue weighted by molar-refractivity contribution is 6.10. The molecule has 24 nitrogen and oxygen atoms in total. The van der Waals surface area contributed by atoms with E-state index in [0.29, 0.717) is 222 Å². The molecule has 6 aromatic carbocycles. The minimum absolute atomic E-state index is 0.0540. The Hall–Kier alpha value is -12.6. The molecular formula is C89H89F2N17O7. The van der Waals surface area contributed by atoms with Crippen LogP contribution >= 0.6 is 0 Å². The first-order valence-corrected chi connectivity index (χ1v) is 39.3. The zero-order valence-electron chi connectivity index (χ0n) is 65.2. The minimum Gasteiger partial charge on any atom is -0.367 e. The van der Waals surface area contributed by atoms with Crippen molar-refractivity contribution in [3.63, 3.8) is 0 Å². The number of nitriles is 1. The third-order valence-electron chi connectivity index (χ3n) is 23.8. The molecule has 26 heteroatoms. The smallest absolute Gasteiger partial charge is 0.256 e. The average Bonchev–Trinajstić information content (AvgIpc) is 1.66. The number of para-hydroxylation sites is 1. The van der Waals surface area contributed by atoms with E-state index in [9.17, 15) is 29.2 Å². The molecule has 6 aliphatic rings. The summed E-state index contributed by atoms with van der Waals surface area (Å²) in [5, 5.41) is 32.7. The number of rotatable bonds is 18. The highest BCUT2D eigenvalue weighted by Gasteiger charge is 2.40. The molecule has 6 aliphatic heterocycles. The fraction of sp³-hybridized carbons (Fsp3) is 0.315. The van der Waals surface area contributed by atoms with E-state index in [1.807, 2.05) is 141 Å². The fourth-order valence-corrected chi connectivity index (χ4v) is 16.9. The van der Waals surface area contributed by atoms with E-state index >= 15 is 13.6 Å². The summed E-state index contributed by atoms with van der Waals surface area (Å²) in [7, 11) is 0. The van der Waals surface area contributed by atoms with Gasteiger partial charge in [-0.1, -0.05) is 100 Å². The van der Waals surface area contributed by atoms with Crippen LogP contribution < -0.4 is 46.6 Å². The minimum atomic E-state index is -0.644. The van der Waals surface area contributed by atoms with Crippen LogP contribution in [-0.2, 0) is 20.8 Å². The predicted molar refractivity (Wildman–Crippen MR) is 438 cm³/mol. The largest absolute Gasteiger partial charge is 0.367 e. The lowest BCUT2D eigenvalue weighted by Gasteiger charge is -2.41. The van der Waals surface area contributed by atoms with Crippen LogP contribution in [0.25, 0.3) is 22.5 Å². The van der Waals surface area contributed by atoms with Crippen LogP contribution in [0.3, 0.4) is 0 Å². The molecule has 0 radical (unpaired) electrons. The van der Waals surface area contributed by atoms with E-state index in [-0.39, 0.29) is 47.9 Å². The number of nitrogens with one attached hydrogen (secondary N) is 6. The van der Waals surface area contributed by atoms with Crippen LogP contribution in [-0.4, -0.2) is 149 Å². The van der Waals surface area contributed by atoms with E-state index < -0.39 is 35.0 Å². The number of nitrogens with zero attached hydrogens (tertiary/aromatic N) is 11. The maximum Gasteiger partial charge on any atom is 0.256 e. The summed E-state index contributed by atoms with van der Waals surface area (Å²) in [4.78, 5) is 112. The first-order chi connectivity index (χ1) is 55.6. The maximum atomic E-state index is 16.3. The number of piperazine rings is 3. The number of carbonyl (C=O) groups excluding carboxylic acids is 6. The monoisotopic (exact) mass is 1550 g/mol. The summed E-state index contributed by atoms with van der Waals surface area (Å²) in [6, 6.07) is 42.7. The SMILES string of the molecule is CCC(CC)C(=O)Nc1ccc(N2CCN(C3c4cnc(-c5ccc6c(c5)C(=O)Nc5cc(-c7ccc8c(c7)C(=O)Nc7ccccc7C8N7CCN(c8ncc(NC(=O)Cc9c(C)noc9C)cc8C#N)CC7)ncc5C6N5CCN(c6ccc(NC(=O)C(C)(C)CC)cc6F)CC5)cc4NC(=O)c4ccccc43)CC2)c(F)c1. The Kier molecular flexibility index (Phi) is 21.1.